The third kappa shape index (κ3) is 3.97. The van der Waals surface area contributed by atoms with Crippen molar-refractivity contribution in [1.29, 1.82) is 0 Å². The first-order valence-electron chi connectivity index (χ1n) is 7.87. The minimum absolute atomic E-state index is 0.314. The van der Waals surface area contributed by atoms with Gasteiger partial charge < -0.3 is 4.57 Å². The van der Waals surface area contributed by atoms with E-state index in [0.29, 0.717) is 24.0 Å². The number of pyridine rings is 1. The van der Waals surface area contributed by atoms with Gasteiger partial charge in [-0.15, -0.1) is 0 Å². The molecule has 1 heterocycles. The number of rotatable bonds is 3. The van der Waals surface area contributed by atoms with Crippen molar-refractivity contribution >= 4 is 5.91 Å². The highest BCUT2D eigenvalue weighted by Gasteiger charge is 2.35. The topological polar surface area (TPSA) is 34.4 Å². The first kappa shape index (κ1) is 17.4. The van der Waals surface area contributed by atoms with E-state index in [1.807, 2.05) is 13.0 Å². The molecule has 3 rings (SSSR count). The molecule has 0 N–H and O–H groups in total. The molecule has 1 aliphatic carbocycles. The Bertz CT molecular complexity index is 879. The molecule has 1 aromatic carbocycles. The van der Waals surface area contributed by atoms with Gasteiger partial charge in [0, 0.05) is 12.7 Å². The van der Waals surface area contributed by atoms with E-state index >= 15 is 0 Å². The van der Waals surface area contributed by atoms with Gasteiger partial charge >= 0.3 is 6.18 Å². The van der Waals surface area contributed by atoms with Crippen LogP contribution in [0.25, 0.3) is 0 Å². The summed E-state index contributed by atoms with van der Waals surface area (Å²) in [4.78, 5) is 16.2. The largest absolute Gasteiger partial charge is 0.419 e. The second-order valence-electron chi connectivity index (χ2n) is 6.24. The third-order valence-electron chi connectivity index (χ3n) is 4.07. The second-order valence-corrected chi connectivity index (χ2v) is 6.24. The molecular formula is C18H16F4N2O. The number of amides is 1. The lowest BCUT2D eigenvalue weighted by atomic mass is 10.1. The van der Waals surface area contributed by atoms with Crippen molar-refractivity contribution in [2.24, 2.45) is 10.9 Å². The van der Waals surface area contributed by atoms with Crippen molar-refractivity contribution in [3.05, 3.63) is 64.5 Å². The van der Waals surface area contributed by atoms with Crippen LogP contribution in [-0.2, 0) is 12.7 Å². The van der Waals surface area contributed by atoms with Gasteiger partial charge in [-0.2, -0.15) is 18.2 Å². The van der Waals surface area contributed by atoms with Gasteiger partial charge in [-0.3, -0.25) is 4.79 Å². The molecule has 0 radical (unpaired) electrons. The summed E-state index contributed by atoms with van der Waals surface area (Å²) in [5, 5.41) is 0. The maximum Gasteiger partial charge on any atom is 0.419 e. The van der Waals surface area contributed by atoms with Gasteiger partial charge in [-0.05, 0) is 55.5 Å². The van der Waals surface area contributed by atoms with Crippen molar-refractivity contribution in [3.8, 4) is 0 Å². The molecule has 1 aliphatic rings. The quantitative estimate of drug-likeness (QED) is 0.766. The first-order valence-corrected chi connectivity index (χ1v) is 7.87. The Morgan fingerprint density at radius 3 is 2.64 bits per heavy atom. The van der Waals surface area contributed by atoms with Gasteiger partial charge in [0.25, 0.3) is 5.91 Å². The molecule has 0 saturated heterocycles. The maximum absolute atomic E-state index is 14.1. The van der Waals surface area contributed by atoms with Crippen molar-refractivity contribution in [2.75, 3.05) is 0 Å². The van der Waals surface area contributed by atoms with Crippen LogP contribution in [0.2, 0.25) is 0 Å². The zero-order valence-corrected chi connectivity index (χ0v) is 13.5. The van der Waals surface area contributed by atoms with Crippen LogP contribution in [0.15, 0.2) is 41.5 Å². The SMILES string of the molecule is Cc1ccn(CC2CC2)c(=NC(=O)c2cccc(C(F)(F)F)c2F)c1. The fraction of sp³-hybridized carbons (Fsp3) is 0.333. The molecular weight excluding hydrogens is 336 g/mol. The maximum atomic E-state index is 14.1. The Kier molecular flexibility index (Phi) is 4.49. The van der Waals surface area contributed by atoms with Gasteiger partial charge in [0.15, 0.2) is 0 Å². The highest BCUT2D eigenvalue weighted by atomic mass is 19.4. The minimum Gasteiger partial charge on any atom is -0.333 e. The summed E-state index contributed by atoms with van der Waals surface area (Å²) in [5.41, 5.74) is -0.991. The number of aromatic nitrogens is 1. The molecule has 1 saturated carbocycles. The number of carbonyl (C=O) groups excluding carboxylic acids is 1. The summed E-state index contributed by atoms with van der Waals surface area (Å²) in [5.74, 6) is -2.11. The van der Waals surface area contributed by atoms with Gasteiger partial charge in [0.2, 0.25) is 0 Å². The van der Waals surface area contributed by atoms with E-state index in [2.05, 4.69) is 4.99 Å². The lowest BCUT2D eigenvalue weighted by Gasteiger charge is -2.10. The van der Waals surface area contributed by atoms with Crippen molar-refractivity contribution < 1.29 is 22.4 Å². The normalized spacial score (nSPS) is 15.5. The Labute approximate surface area is 141 Å². The highest BCUT2D eigenvalue weighted by molar-refractivity contribution is 5.95. The van der Waals surface area contributed by atoms with Crippen LogP contribution in [0, 0.1) is 18.7 Å². The van der Waals surface area contributed by atoms with Crippen LogP contribution in [0.3, 0.4) is 0 Å². The zero-order valence-electron chi connectivity index (χ0n) is 13.5. The van der Waals surface area contributed by atoms with Crippen LogP contribution >= 0.6 is 0 Å². The summed E-state index contributed by atoms with van der Waals surface area (Å²) in [7, 11) is 0. The first-order chi connectivity index (χ1) is 11.8. The summed E-state index contributed by atoms with van der Waals surface area (Å²) in [6, 6.07) is 6.13. The van der Waals surface area contributed by atoms with E-state index in [1.165, 1.54) is 0 Å². The molecule has 0 atom stereocenters. The lowest BCUT2D eigenvalue weighted by Crippen LogP contribution is -2.23. The van der Waals surface area contributed by atoms with Gasteiger partial charge in [0.1, 0.15) is 11.3 Å². The van der Waals surface area contributed by atoms with E-state index < -0.39 is 29.0 Å². The van der Waals surface area contributed by atoms with Crippen LogP contribution < -0.4 is 5.49 Å². The van der Waals surface area contributed by atoms with Crippen LogP contribution in [-0.4, -0.2) is 10.5 Å². The molecule has 0 unspecified atom stereocenters. The Balaban J connectivity index is 2.02. The van der Waals surface area contributed by atoms with Crippen LogP contribution in [0.1, 0.15) is 34.3 Å². The van der Waals surface area contributed by atoms with Crippen LogP contribution in [0.5, 0.6) is 0 Å². The standard InChI is InChI=1S/C18H16F4N2O/c1-11-7-8-24(10-12-5-6-12)15(9-11)23-17(25)13-3-2-4-14(16(13)19)18(20,21)22/h2-4,7-9,12H,5-6,10H2,1H3. The van der Waals surface area contributed by atoms with Crippen molar-refractivity contribution in [3.63, 3.8) is 0 Å². The summed E-state index contributed by atoms with van der Waals surface area (Å²) in [6.07, 6.45) is -0.898. The summed E-state index contributed by atoms with van der Waals surface area (Å²) in [6.45, 7) is 2.49. The number of carbonyl (C=O) groups is 1. The molecule has 0 spiro atoms. The average Bonchev–Trinajstić information content (AvgIpc) is 3.33. The predicted octanol–water partition coefficient (Wildman–Crippen LogP) is 4.11. The van der Waals surface area contributed by atoms with Crippen LogP contribution in [0.4, 0.5) is 17.6 Å². The van der Waals surface area contributed by atoms with E-state index in [0.717, 1.165) is 30.5 Å². The molecule has 1 aromatic heterocycles. The number of hydrogen-bond acceptors (Lipinski definition) is 1. The van der Waals surface area contributed by atoms with E-state index in [-0.39, 0.29) is 0 Å². The number of hydrogen-bond donors (Lipinski definition) is 0. The average molecular weight is 352 g/mol. The number of alkyl halides is 3. The number of nitrogens with zero attached hydrogens (tertiary/aromatic N) is 2. The highest BCUT2D eigenvalue weighted by Crippen LogP contribution is 2.32. The molecule has 0 aliphatic heterocycles. The summed E-state index contributed by atoms with van der Waals surface area (Å²) >= 11 is 0. The minimum atomic E-state index is -4.87. The monoisotopic (exact) mass is 352 g/mol. The summed E-state index contributed by atoms with van der Waals surface area (Å²) < 4.78 is 54.3. The Morgan fingerprint density at radius 2 is 2.00 bits per heavy atom. The van der Waals surface area contributed by atoms with Gasteiger partial charge in [-0.1, -0.05) is 6.07 Å². The molecule has 7 heteroatoms. The number of halogens is 4. The van der Waals surface area contributed by atoms with Gasteiger partial charge in [-0.25, -0.2) is 4.39 Å². The molecule has 3 nitrogen and oxygen atoms in total. The van der Waals surface area contributed by atoms with E-state index in [9.17, 15) is 22.4 Å². The number of benzene rings is 1. The zero-order chi connectivity index (χ0) is 18.2. The lowest BCUT2D eigenvalue weighted by molar-refractivity contribution is -0.140. The Morgan fingerprint density at radius 1 is 1.28 bits per heavy atom. The van der Waals surface area contributed by atoms with E-state index in [4.69, 9.17) is 0 Å². The van der Waals surface area contributed by atoms with Gasteiger partial charge in [0.05, 0.1) is 11.1 Å². The van der Waals surface area contributed by atoms with Crippen molar-refractivity contribution in [1.82, 2.24) is 4.57 Å². The second kappa shape index (κ2) is 6.46. The fourth-order valence-corrected chi connectivity index (χ4v) is 2.53. The van der Waals surface area contributed by atoms with E-state index in [1.54, 1.807) is 16.8 Å². The predicted molar refractivity (Wildman–Crippen MR) is 83.2 cm³/mol. The Hall–Kier alpha value is -2.44. The molecule has 0 bridgehead atoms. The molecule has 2 aromatic rings. The third-order valence-corrected chi connectivity index (χ3v) is 4.07. The molecule has 132 valence electrons. The molecule has 1 amide bonds. The molecule has 1 fully saturated rings. The van der Waals surface area contributed by atoms with Crippen molar-refractivity contribution in [2.45, 2.75) is 32.5 Å². The number of aryl methyl sites for hydroxylation is 1. The molecule has 25 heavy (non-hydrogen) atoms. The fourth-order valence-electron chi connectivity index (χ4n) is 2.53. The smallest absolute Gasteiger partial charge is 0.333 e.